The Morgan fingerprint density at radius 1 is 1.12 bits per heavy atom. The number of amides is 1. The first-order valence-corrected chi connectivity index (χ1v) is 8.51. The van der Waals surface area contributed by atoms with Crippen molar-refractivity contribution >= 4 is 16.9 Å². The van der Waals surface area contributed by atoms with Crippen LogP contribution in [0, 0.1) is 6.92 Å². The molecule has 1 saturated carbocycles. The van der Waals surface area contributed by atoms with Crippen LogP contribution in [0.1, 0.15) is 34.3 Å². The smallest absolute Gasteiger partial charge is 0.261 e. The highest BCUT2D eigenvalue weighted by atomic mass is 16.3. The molecule has 4 nitrogen and oxygen atoms in total. The van der Waals surface area contributed by atoms with Crippen molar-refractivity contribution in [3.63, 3.8) is 0 Å². The van der Waals surface area contributed by atoms with Gasteiger partial charge >= 0.3 is 0 Å². The van der Waals surface area contributed by atoms with E-state index in [0.29, 0.717) is 17.5 Å². The summed E-state index contributed by atoms with van der Waals surface area (Å²) in [5, 5.41) is 0.444. The van der Waals surface area contributed by atoms with Crippen molar-refractivity contribution in [3.8, 4) is 0 Å². The Kier molecular flexibility index (Phi) is 3.88. The molecule has 4 heteroatoms. The highest BCUT2D eigenvalue weighted by molar-refractivity contribution is 5.96. The van der Waals surface area contributed by atoms with E-state index in [-0.39, 0.29) is 22.9 Å². The molecule has 0 aliphatic heterocycles. The number of carbonyl (C=O) groups is 1. The van der Waals surface area contributed by atoms with Crippen molar-refractivity contribution in [3.05, 3.63) is 81.7 Å². The highest BCUT2D eigenvalue weighted by Gasteiger charge is 2.34. The van der Waals surface area contributed by atoms with Gasteiger partial charge in [-0.15, -0.1) is 0 Å². The topological polar surface area (TPSA) is 50.5 Å². The average Bonchev–Trinajstić information content (AvgIpc) is 3.46. The molecule has 0 unspecified atom stereocenters. The van der Waals surface area contributed by atoms with Crippen LogP contribution >= 0.6 is 0 Å². The lowest BCUT2D eigenvalue weighted by Gasteiger charge is -2.23. The van der Waals surface area contributed by atoms with Gasteiger partial charge in [-0.25, -0.2) is 0 Å². The largest absolute Gasteiger partial charge is 0.463 e. The van der Waals surface area contributed by atoms with Crippen molar-refractivity contribution in [2.75, 3.05) is 0 Å². The van der Waals surface area contributed by atoms with Gasteiger partial charge in [-0.05, 0) is 43.0 Å². The summed E-state index contributed by atoms with van der Waals surface area (Å²) in [6, 6.07) is 15.2. The minimum atomic E-state index is -0.262. The molecule has 4 rings (SSSR count). The predicted octanol–water partition coefficient (Wildman–Crippen LogP) is 3.91. The van der Waals surface area contributed by atoms with E-state index < -0.39 is 0 Å². The van der Waals surface area contributed by atoms with E-state index in [0.717, 1.165) is 24.0 Å². The van der Waals surface area contributed by atoms with E-state index in [1.165, 1.54) is 6.26 Å². The highest BCUT2D eigenvalue weighted by Crippen LogP contribution is 2.30. The van der Waals surface area contributed by atoms with E-state index in [2.05, 4.69) is 0 Å². The van der Waals surface area contributed by atoms with Crippen molar-refractivity contribution in [2.24, 2.45) is 0 Å². The van der Waals surface area contributed by atoms with Gasteiger partial charge in [-0.1, -0.05) is 36.4 Å². The Hall–Kier alpha value is -2.88. The molecule has 0 atom stereocenters. The molecule has 1 aliphatic rings. The van der Waals surface area contributed by atoms with Crippen LogP contribution in [0.2, 0.25) is 0 Å². The first-order valence-electron chi connectivity index (χ1n) is 8.51. The van der Waals surface area contributed by atoms with Gasteiger partial charge in [0.05, 0.1) is 5.39 Å². The Labute approximate surface area is 145 Å². The average molecular weight is 333 g/mol. The zero-order valence-electron chi connectivity index (χ0n) is 14.1. The number of rotatable bonds is 4. The zero-order valence-corrected chi connectivity index (χ0v) is 14.1. The number of fused-ring (bicyclic) bond motifs is 1. The van der Waals surface area contributed by atoms with Crippen LogP contribution in [0.4, 0.5) is 0 Å². The molecule has 0 N–H and O–H groups in total. The molecule has 1 amide bonds. The minimum Gasteiger partial charge on any atom is -0.463 e. The summed E-state index contributed by atoms with van der Waals surface area (Å²) >= 11 is 0. The van der Waals surface area contributed by atoms with Crippen LogP contribution in [-0.2, 0) is 6.54 Å². The lowest BCUT2D eigenvalue weighted by atomic mass is 10.1. The standard InChI is InChI=1S/C21H19NO3/c1-14-6-2-3-7-15(14)12-22(16-10-11-16)21(24)18-13-25-19-9-5-4-8-17(19)20(18)23/h2-9,13,16H,10-12H2,1H3. The van der Waals surface area contributed by atoms with E-state index >= 15 is 0 Å². The van der Waals surface area contributed by atoms with Crippen LogP contribution in [0.15, 0.2) is 64.0 Å². The Bertz CT molecular complexity index is 1000. The third-order valence-corrected chi connectivity index (χ3v) is 4.76. The molecular weight excluding hydrogens is 314 g/mol. The Morgan fingerprint density at radius 2 is 1.84 bits per heavy atom. The van der Waals surface area contributed by atoms with Gasteiger partial charge in [0.15, 0.2) is 0 Å². The SMILES string of the molecule is Cc1ccccc1CN(C(=O)c1coc2ccccc2c1=O)C1CC1. The van der Waals surface area contributed by atoms with Gasteiger partial charge in [0.2, 0.25) is 5.43 Å². The second kappa shape index (κ2) is 6.20. The van der Waals surface area contributed by atoms with Gasteiger partial charge in [0.25, 0.3) is 5.91 Å². The van der Waals surface area contributed by atoms with Crippen molar-refractivity contribution < 1.29 is 9.21 Å². The predicted molar refractivity (Wildman–Crippen MR) is 96.6 cm³/mol. The molecule has 25 heavy (non-hydrogen) atoms. The van der Waals surface area contributed by atoms with E-state index in [1.807, 2.05) is 36.1 Å². The molecular formula is C21H19NO3. The normalized spacial score (nSPS) is 13.8. The van der Waals surface area contributed by atoms with E-state index in [1.54, 1.807) is 24.3 Å². The van der Waals surface area contributed by atoms with Gasteiger partial charge < -0.3 is 9.32 Å². The number of carbonyl (C=O) groups excluding carboxylic acids is 1. The number of para-hydroxylation sites is 1. The van der Waals surface area contributed by atoms with Gasteiger partial charge in [0.1, 0.15) is 17.4 Å². The van der Waals surface area contributed by atoms with Crippen LogP contribution < -0.4 is 5.43 Å². The number of benzene rings is 2. The number of hydrogen-bond donors (Lipinski definition) is 0. The summed E-state index contributed by atoms with van der Waals surface area (Å²) in [5.74, 6) is -0.245. The maximum absolute atomic E-state index is 13.1. The molecule has 1 aromatic heterocycles. The molecule has 1 aliphatic carbocycles. The molecule has 0 spiro atoms. The van der Waals surface area contributed by atoms with Crippen molar-refractivity contribution in [1.82, 2.24) is 4.90 Å². The van der Waals surface area contributed by atoms with Crippen LogP contribution in [0.5, 0.6) is 0 Å². The third kappa shape index (κ3) is 2.95. The fourth-order valence-corrected chi connectivity index (χ4v) is 3.10. The summed E-state index contributed by atoms with van der Waals surface area (Å²) in [4.78, 5) is 27.6. The van der Waals surface area contributed by atoms with Gasteiger partial charge in [0, 0.05) is 12.6 Å². The molecule has 0 radical (unpaired) electrons. The molecule has 2 aromatic carbocycles. The minimum absolute atomic E-state index is 0.110. The van der Waals surface area contributed by atoms with Crippen LogP contribution in [-0.4, -0.2) is 16.8 Å². The molecule has 0 bridgehead atoms. The fraction of sp³-hybridized carbons (Fsp3) is 0.238. The summed E-state index contributed by atoms with van der Waals surface area (Å²) in [6.45, 7) is 2.55. The lowest BCUT2D eigenvalue weighted by Crippen LogP contribution is -2.35. The molecule has 1 heterocycles. The first kappa shape index (κ1) is 15.6. The first-order chi connectivity index (χ1) is 12.1. The summed E-state index contributed by atoms with van der Waals surface area (Å²) in [5.41, 5.74) is 2.60. The van der Waals surface area contributed by atoms with Crippen LogP contribution in [0.25, 0.3) is 11.0 Å². The Balaban J connectivity index is 1.71. The van der Waals surface area contributed by atoms with E-state index in [4.69, 9.17) is 4.42 Å². The fourth-order valence-electron chi connectivity index (χ4n) is 3.10. The molecule has 126 valence electrons. The van der Waals surface area contributed by atoms with Gasteiger partial charge in [-0.2, -0.15) is 0 Å². The lowest BCUT2D eigenvalue weighted by molar-refractivity contribution is 0.0726. The third-order valence-electron chi connectivity index (χ3n) is 4.76. The maximum Gasteiger partial charge on any atom is 0.261 e. The molecule has 3 aromatic rings. The zero-order chi connectivity index (χ0) is 17.4. The monoisotopic (exact) mass is 333 g/mol. The van der Waals surface area contributed by atoms with Crippen molar-refractivity contribution in [1.29, 1.82) is 0 Å². The molecule has 0 saturated heterocycles. The number of aryl methyl sites for hydroxylation is 1. The maximum atomic E-state index is 13.1. The van der Waals surface area contributed by atoms with Crippen molar-refractivity contribution in [2.45, 2.75) is 32.4 Å². The van der Waals surface area contributed by atoms with Crippen LogP contribution in [0.3, 0.4) is 0 Å². The quantitative estimate of drug-likeness (QED) is 0.727. The second-order valence-electron chi connectivity index (χ2n) is 6.57. The number of hydrogen-bond acceptors (Lipinski definition) is 3. The second-order valence-corrected chi connectivity index (χ2v) is 6.57. The Morgan fingerprint density at radius 3 is 2.60 bits per heavy atom. The summed E-state index contributed by atoms with van der Waals surface area (Å²) < 4.78 is 5.52. The van der Waals surface area contributed by atoms with E-state index in [9.17, 15) is 9.59 Å². The summed E-state index contributed by atoms with van der Waals surface area (Å²) in [7, 11) is 0. The summed E-state index contributed by atoms with van der Waals surface area (Å²) in [6.07, 6.45) is 3.27. The van der Waals surface area contributed by atoms with Gasteiger partial charge in [-0.3, -0.25) is 9.59 Å². The molecule has 1 fully saturated rings. The number of nitrogens with zero attached hydrogens (tertiary/aromatic N) is 1.